The van der Waals surface area contributed by atoms with Gasteiger partial charge in [0.1, 0.15) is 18.5 Å². The summed E-state index contributed by atoms with van der Waals surface area (Å²) in [4.78, 5) is 15.8. The first-order chi connectivity index (χ1) is 16.5. The number of aliphatic hydroxyl groups excluding tert-OH is 1. The van der Waals surface area contributed by atoms with Crippen LogP contribution in [0.25, 0.3) is 0 Å². The van der Waals surface area contributed by atoms with Crippen LogP contribution >= 0.6 is 0 Å². The molecule has 6 heteroatoms. The molecule has 0 bridgehead atoms. The normalized spacial score (nSPS) is 18.6. The zero-order valence-corrected chi connectivity index (χ0v) is 20.0. The van der Waals surface area contributed by atoms with Crippen molar-refractivity contribution in [3.8, 4) is 5.75 Å². The summed E-state index contributed by atoms with van der Waals surface area (Å²) in [6, 6.07) is 20.1. The average Bonchev–Trinajstić information content (AvgIpc) is 3.46. The maximum atomic E-state index is 12.5. The molecule has 4 rings (SSSR count). The zero-order chi connectivity index (χ0) is 23.9. The minimum atomic E-state index is -0.542. The third-order valence-electron chi connectivity index (χ3n) is 6.52. The second-order valence-electron chi connectivity index (χ2n) is 9.17. The van der Waals surface area contributed by atoms with Crippen molar-refractivity contribution in [2.24, 2.45) is 0 Å². The van der Waals surface area contributed by atoms with Gasteiger partial charge in [-0.2, -0.15) is 0 Å². The van der Waals surface area contributed by atoms with Gasteiger partial charge in [0, 0.05) is 29.2 Å². The fraction of sp³-hybridized carbons (Fsp3) is 0.393. The first-order valence-electron chi connectivity index (χ1n) is 12.2. The van der Waals surface area contributed by atoms with Gasteiger partial charge in [0.15, 0.2) is 0 Å². The van der Waals surface area contributed by atoms with Crippen molar-refractivity contribution in [3.63, 3.8) is 0 Å². The molecule has 1 aliphatic rings. The standard InChI is InChI=1S/C28H35N3O3/c1-3-21-15-19(2)26(29-21)17-28(33)31-22-11-9-20(10-12-22)16-23-13-14-25(30-23)27(32)18-34-24-7-5-4-6-8-24/h4-12,15,23,25,27,29-30,32H,3,13-14,16-18H2,1-2H3,(H,31,33). The van der Waals surface area contributed by atoms with Gasteiger partial charge in [0.2, 0.25) is 5.91 Å². The number of aromatic amines is 1. The van der Waals surface area contributed by atoms with E-state index < -0.39 is 6.10 Å². The summed E-state index contributed by atoms with van der Waals surface area (Å²) >= 11 is 0. The van der Waals surface area contributed by atoms with Crippen molar-refractivity contribution in [1.29, 1.82) is 0 Å². The molecule has 180 valence electrons. The molecule has 0 spiro atoms. The number of aliphatic hydroxyl groups is 1. The number of hydrogen-bond acceptors (Lipinski definition) is 4. The molecule has 1 fully saturated rings. The molecule has 0 saturated carbocycles. The van der Waals surface area contributed by atoms with E-state index in [-0.39, 0.29) is 18.6 Å². The van der Waals surface area contributed by atoms with Crippen molar-refractivity contribution in [1.82, 2.24) is 10.3 Å². The van der Waals surface area contributed by atoms with Crippen LogP contribution in [0.15, 0.2) is 60.7 Å². The number of carbonyl (C=O) groups is 1. The minimum Gasteiger partial charge on any atom is -0.491 e. The van der Waals surface area contributed by atoms with Gasteiger partial charge in [-0.25, -0.2) is 0 Å². The zero-order valence-electron chi connectivity index (χ0n) is 20.0. The van der Waals surface area contributed by atoms with Crippen LogP contribution in [0.1, 0.15) is 42.3 Å². The number of anilines is 1. The number of hydrogen-bond donors (Lipinski definition) is 4. The Morgan fingerprint density at radius 3 is 2.62 bits per heavy atom. The largest absolute Gasteiger partial charge is 0.491 e. The van der Waals surface area contributed by atoms with E-state index >= 15 is 0 Å². The minimum absolute atomic E-state index is 0.0210. The van der Waals surface area contributed by atoms with E-state index in [1.54, 1.807) is 0 Å². The van der Waals surface area contributed by atoms with Crippen LogP contribution in [0.4, 0.5) is 5.69 Å². The van der Waals surface area contributed by atoms with Crippen molar-refractivity contribution in [3.05, 3.63) is 83.2 Å². The molecule has 4 N–H and O–H groups in total. The number of ether oxygens (including phenoxy) is 1. The lowest BCUT2D eigenvalue weighted by Crippen LogP contribution is -2.42. The van der Waals surface area contributed by atoms with Crippen molar-refractivity contribution >= 4 is 11.6 Å². The third kappa shape index (κ3) is 6.49. The summed E-state index contributed by atoms with van der Waals surface area (Å²) < 4.78 is 5.70. The molecule has 1 aromatic heterocycles. The predicted molar refractivity (Wildman–Crippen MR) is 135 cm³/mol. The monoisotopic (exact) mass is 461 g/mol. The van der Waals surface area contributed by atoms with Crippen LogP contribution < -0.4 is 15.4 Å². The molecule has 1 amide bonds. The summed E-state index contributed by atoms with van der Waals surface area (Å²) in [6.07, 6.45) is 3.56. The molecular formula is C28H35N3O3. The highest BCUT2D eigenvalue weighted by atomic mass is 16.5. The Kier molecular flexibility index (Phi) is 8.03. The summed E-state index contributed by atoms with van der Waals surface area (Å²) in [5.41, 5.74) is 5.27. The molecule has 0 aliphatic carbocycles. The molecule has 3 aromatic rings. The number of carbonyl (C=O) groups excluding carboxylic acids is 1. The van der Waals surface area contributed by atoms with Gasteiger partial charge in [0.25, 0.3) is 0 Å². The lowest BCUT2D eigenvalue weighted by Gasteiger charge is -2.20. The second-order valence-corrected chi connectivity index (χ2v) is 9.17. The molecule has 3 atom stereocenters. The molecule has 1 saturated heterocycles. The van der Waals surface area contributed by atoms with Crippen LogP contribution in [-0.4, -0.2) is 40.8 Å². The van der Waals surface area contributed by atoms with Gasteiger partial charge >= 0.3 is 0 Å². The van der Waals surface area contributed by atoms with E-state index in [9.17, 15) is 9.90 Å². The van der Waals surface area contributed by atoms with E-state index in [1.807, 2.05) is 49.4 Å². The van der Waals surface area contributed by atoms with Crippen LogP contribution in [0.5, 0.6) is 5.75 Å². The van der Waals surface area contributed by atoms with E-state index in [2.05, 4.69) is 40.7 Å². The third-order valence-corrected chi connectivity index (χ3v) is 6.52. The number of rotatable bonds is 10. The summed E-state index contributed by atoms with van der Waals surface area (Å²) in [6.45, 7) is 4.41. The first kappa shape index (κ1) is 24.0. The van der Waals surface area contributed by atoms with Gasteiger partial charge < -0.3 is 25.5 Å². The lowest BCUT2D eigenvalue weighted by atomic mass is 10.0. The maximum Gasteiger partial charge on any atom is 0.230 e. The van der Waals surface area contributed by atoms with Crippen LogP contribution in [0.2, 0.25) is 0 Å². The van der Waals surface area contributed by atoms with E-state index in [0.29, 0.717) is 12.5 Å². The number of benzene rings is 2. The number of para-hydroxylation sites is 1. The van der Waals surface area contributed by atoms with E-state index in [1.165, 1.54) is 5.56 Å². The summed E-state index contributed by atoms with van der Waals surface area (Å²) in [7, 11) is 0. The Balaban J connectivity index is 1.22. The molecule has 1 aliphatic heterocycles. The van der Waals surface area contributed by atoms with Crippen molar-refractivity contribution < 1.29 is 14.6 Å². The predicted octanol–water partition coefficient (Wildman–Crippen LogP) is 4.17. The molecule has 3 unspecified atom stereocenters. The van der Waals surface area contributed by atoms with Gasteiger partial charge in [-0.05, 0) is 74.1 Å². The number of amides is 1. The highest BCUT2D eigenvalue weighted by Gasteiger charge is 2.29. The smallest absolute Gasteiger partial charge is 0.230 e. The van der Waals surface area contributed by atoms with Gasteiger partial charge in [-0.1, -0.05) is 37.3 Å². The molecule has 2 aromatic carbocycles. The second kappa shape index (κ2) is 11.4. The Morgan fingerprint density at radius 2 is 1.91 bits per heavy atom. The molecule has 34 heavy (non-hydrogen) atoms. The van der Waals surface area contributed by atoms with Crippen molar-refractivity contribution in [2.75, 3.05) is 11.9 Å². The Labute approximate surface area is 201 Å². The first-order valence-corrected chi connectivity index (χ1v) is 12.2. The van der Waals surface area contributed by atoms with Gasteiger partial charge in [0.05, 0.1) is 6.42 Å². The van der Waals surface area contributed by atoms with E-state index in [4.69, 9.17) is 4.74 Å². The average molecular weight is 462 g/mol. The lowest BCUT2D eigenvalue weighted by molar-refractivity contribution is -0.115. The highest BCUT2D eigenvalue weighted by Crippen LogP contribution is 2.21. The van der Waals surface area contributed by atoms with Gasteiger partial charge in [-0.3, -0.25) is 4.79 Å². The molecule has 6 nitrogen and oxygen atoms in total. The summed E-state index contributed by atoms with van der Waals surface area (Å²) in [5, 5.41) is 17.1. The Hall–Kier alpha value is -3.09. The number of aromatic nitrogens is 1. The molecule has 0 radical (unpaired) electrons. The number of H-pyrrole nitrogens is 1. The van der Waals surface area contributed by atoms with Crippen LogP contribution in [0.3, 0.4) is 0 Å². The van der Waals surface area contributed by atoms with E-state index in [0.717, 1.165) is 54.1 Å². The quantitative estimate of drug-likeness (QED) is 0.365. The topological polar surface area (TPSA) is 86.4 Å². The highest BCUT2D eigenvalue weighted by molar-refractivity contribution is 5.92. The molecule has 2 heterocycles. The fourth-order valence-electron chi connectivity index (χ4n) is 4.55. The van der Waals surface area contributed by atoms with Crippen LogP contribution in [-0.2, 0) is 24.1 Å². The van der Waals surface area contributed by atoms with Crippen LogP contribution in [0, 0.1) is 6.92 Å². The number of aryl methyl sites for hydroxylation is 2. The fourth-order valence-corrected chi connectivity index (χ4v) is 4.55. The van der Waals surface area contributed by atoms with Gasteiger partial charge in [-0.15, -0.1) is 0 Å². The van der Waals surface area contributed by atoms with Crippen molar-refractivity contribution in [2.45, 2.75) is 64.1 Å². The number of nitrogens with one attached hydrogen (secondary N) is 3. The maximum absolute atomic E-state index is 12.5. The Morgan fingerprint density at radius 1 is 1.15 bits per heavy atom. The molecular weight excluding hydrogens is 426 g/mol. The SMILES string of the molecule is CCc1cc(C)c(CC(=O)Nc2ccc(CC3CCC(C(O)COc4ccccc4)N3)cc2)[nH]1. The Bertz CT molecular complexity index is 1060. The summed E-state index contributed by atoms with van der Waals surface area (Å²) in [5.74, 6) is 0.754.